The van der Waals surface area contributed by atoms with Crippen LogP contribution < -0.4 is 0 Å². The molecule has 0 aromatic heterocycles. The minimum absolute atomic E-state index is 0.245. The molecule has 4 unspecified atom stereocenters. The molecule has 0 saturated heterocycles. The summed E-state index contributed by atoms with van der Waals surface area (Å²) in [4.78, 5) is 22.7. The molecule has 0 saturated carbocycles. The first-order valence-corrected chi connectivity index (χ1v) is 10.7. The monoisotopic (exact) mass is 408 g/mol. The molecule has 0 fully saturated rings. The fourth-order valence-electron chi connectivity index (χ4n) is 4.58. The molecule has 0 aliphatic heterocycles. The first-order chi connectivity index (χ1) is 14.3. The van der Waals surface area contributed by atoms with Crippen molar-refractivity contribution in [3.05, 3.63) is 69.8 Å². The normalized spacial score (nSPS) is 23.7. The second-order valence-corrected chi connectivity index (χ2v) is 8.75. The first kappa shape index (κ1) is 22.1. The van der Waals surface area contributed by atoms with Gasteiger partial charge in [-0.1, -0.05) is 39.8 Å². The SMILES string of the molecule is COC(=O)c1ccc2c(c1)C(C)C(C)C2.COC(=O)c1ccc2c(c1)CC(C)C2C. The Hall–Kier alpha value is -2.62. The standard InChI is InChI=1S/2C13H16O2/c1-8-6-11-7-10(13(14)15-3)4-5-12(11)9(8)2;1-8-6-10-4-5-11(13(14)15-3)7-12(10)9(8)2/h2*4-5,7-9H,6H2,1-3H3. The molecule has 4 heteroatoms. The highest BCUT2D eigenvalue weighted by molar-refractivity contribution is 5.90. The molecule has 2 aliphatic carbocycles. The Balaban J connectivity index is 0.000000171. The van der Waals surface area contributed by atoms with Crippen molar-refractivity contribution >= 4 is 11.9 Å². The van der Waals surface area contributed by atoms with Gasteiger partial charge in [-0.25, -0.2) is 9.59 Å². The van der Waals surface area contributed by atoms with Crippen LogP contribution >= 0.6 is 0 Å². The summed E-state index contributed by atoms with van der Waals surface area (Å²) in [6.45, 7) is 8.97. The molecule has 30 heavy (non-hydrogen) atoms. The van der Waals surface area contributed by atoms with E-state index in [0.717, 1.165) is 12.8 Å². The summed E-state index contributed by atoms with van der Waals surface area (Å²) >= 11 is 0. The number of hydrogen-bond acceptors (Lipinski definition) is 4. The van der Waals surface area contributed by atoms with Crippen molar-refractivity contribution in [3.63, 3.8) is 0 Å². The second kappa shape index (κ2) is 9.03. The lowest BCUT2D eigenvalue weighted by atomic mass is 9.96. The molecule has 4 nitrogen and oxygen atoms in total. The van der Waals surface area contributed by atoms with Gasteiger partial charge in [-0.3, -0.25) is 0 Å². The summed E-state index contributed by atoms with van der Waals surface area (Å²) in [5, 5.41) is 0. The maximum atomic E-state index is 11.4. The lowest BCUT2D eigenvalue weighted by molar-refractivity contribution is 0.0591. The summed E-state index contributed by atoms with van der Waals surface area (Å²) in [5.74, 6) is 2.01. The van der Waals surface area contributed by atoms with E-state index in [0.29, 0.717) is 34.8 Å². The minimum atomic E-state index is -0.246. The third-order valence-electron chi connectivity index (χ3n) is 6.90. The lowest BCUT2D eigenvalue weighted by Gasteiger charge is -2.09. The topological polar surface area (TPSA) is 52.6 Å². The van der Waals surface area contributed by atoms with Crippen molar-refractivity contribution in [2.45, 2.75) is 52.4 Å². The summed E-state index contributed by atoms with van der Waals surface area (Å²) in [5.41, 5.74) is 6.70. The zero-order chi connectivity index (χ0) is 22.0. The highest BCUT2D eigenvalue weighted by atomic mass is 16.5. The summed E-state index contributed by atoms with van der Waals surface area (Å²) in [7, 11) is 2.84. The summed E-state index contributed by atoms with van der Waals surface area (Å²) in [6.07, 6.45) is 2.19. The maximum absolute atomic E-state index is 11.4. The van der Waals surface area contributed by atoms with Crippen LogP contribution in [-0.4, -0.2) is 26.2 Å². The van der Waals surface area contributed by atoms with Crippen molar-refractivity contribution in [1.29, 1.82) is 0 Å². The number of carbonyl (C=O) groups excluding carboxylic acids is 2. The van der Waals surface area contributed by atoms with Crippen LogP contribution in [0.5, 0.6) is 0 Å². The van der Waals surface area contributed by atoms with Crippen molar-refractivity contribution in [3.8, 4) is 0 Å². The molecule has 0 radical (unpaired) electrons. The molecule has 2 aromatic rings. The van der Waals surface area contributed by atoms with E-state index in [-0.39, 0.29) is 11.9 Å². The zero-order valence-electron chi connectivity index (χ0n) is 18.8. The fraction of sp³-hybridized carbons (Fsp3) is 0.462. The number of methoxy groups -OCH3 is 2. The van der Waals surface area contributed by atoms with Gasteiger partial charge >= 0.3 is 11.9 Å². The van der Waals surface area contributed by atoms with Crippen LogP contribution in [0, 0.1) is 11.8 Å². The van der Waals surface area contributed by atoms with E-state index in [4.69, 9.17) is 9.47 Å². The highest BCUT2D eigenvalue weighted by Gasteiger charge is 2.27. The largest absolute Gasteiger partial charge is 0.465 e. The van der Waals surface area contributed by atoms with Crippen molar-refractivity contribution in [2.24, 2.45) is 11.8 Å². The number of benzene rings is 2. The first-order valence-electron chi connectivity index (χ1n) is 10.7. The number of carbonyl (C=O) groups is 2. The van der Waals surface area contributed by atoms with E-state index < -0.39 is 0 Å². The predicted octanol–water partition coefficient (Wildman–Crippen LogP) is 5.54. The van der Waals surface area contributed by atoms with Crippen LogP contribution in [0.3, 0.4) is 0 Å². The quantitative estimate of drug-likeness (QED) is 0.613. The molecule has 2 aliphatic rings. The molecular formula is C26H32O4. The Bertz CT molecular complexity index is 946. The third-order valence-corrected chi connectivity index (χ3v) is 6.90. The Labute approximate surface area is 179 Å². The Morgan fingerprint density at radius 3 is 1.80 bits per heavy atom. The van der Waals surface area contributed by atoms with Gasteiger partial charge in [0.15, 0.2) is 0 Å². The van der Waals surface area contributed by atoms with Gasteiger partial charge in [0.1, 0.15) is 0 Å². The highest BCUT2D eigenvalue weighted by Crippen LogP contribution is 2.38. The smallest absolute Gasteiger partial charge is 0.337 e. The zero-order valence-corrected chi connectivity index (χ0v) is 18.8. The van der Waals surface area contributed by atoms with Crippen LogP contribution in [0.2, 0.25) is 0 Å². The molecule has 2 aromatic carbocycles. The van der Waals surface area contributed by atoms with Gasteiger partial charge in [-0.2, -0.15) is 0 Å². The van der Waals surface area contributed by atoms with Crippen LogP contribution in [0.25, 0.3) is 0 Å². The van der Waals surface area contributed by atoms with Gasteiger partial charge in [0.25, 0.3) is 0 Å². The molecule has 4 atom stereocenters. The van der Waals surface area contributed by atoms with Gasteiger partial charge in [0.2, 0.25) is 0 Å². The lowest BCUT2D eigenvalue weighted by Crippen LogP contribution is -2.03. The third kappa shape index (κ3) is 4.28. The summed E-state index contributed by atoms with van der Waals surface area (Å²) in [6, 6.07) is 11.8. The number of esters is 2. The van der Waals surface area contributed by atoms with E-state index in [1.54, 1.807) is 0 Å². The van der Waals surface area contributed by atoms with E-state index in [9.17, 15) is 9.59 Å². The number of hydrogen-bond donors (Lipinski definition) is 0. The van der Waals surface area contributed by atoms with E-state index >= 15 is 0 Å². The van der Waals surface area contributed by atoms with Crippen LogP contribution in [0.1, 0.15) is 82.5 Å². The van der Waals surface area contributed by atoms with Crippen LogP contribution in [-0.2, 0) is 22.3 Å². The second-order valence-electron chi connectivity index (χ2n) is 8.75. The Morgan fingerprint density at radius 1 is 0.700 bits per heavy atom. The van der Waals surface area contributed by atoms with Crippen LogP contribution in [0.15, 0.2) is 36.4 Å². The van der Waals surface area contributed by atoms with Crippen molar-refractivity contribution in [1.82, 2.24) is 0 Å². The van der Waals surface area contributed by atoms with Crippen molar-refractivity contribution in [2.75, 3.05) is 14.2 Å². The Kier molecular flexibility index (Phi) is 6.64. The van der Waals surface area contributed by atoms with E-state index in [1.807, 2.05) is 24.3 Å². The van der Waals surface area contributed by atoms with Crippen LogP contribution in [0.4, 0.5) is 0 Å². The van der Waals surface area contributed by atoms with Gasteiger partial charge in [-0.15, -0.1) is 0 Å². The molecule has 0 spiro atoms. The molecular weight excluding hydrogens is 376 g/mol. The molecule has 160 valence electrons. The molecule has 0 amide bonds. The number of ether oxygens (including phenoxy) is 2. The molecule has 0 N–H and O–H groups in total. The molecule has 0 heterocycles. The van der Waals surface area contributed by atoms with Gasteiger partial charge in [0, 0.05) is 0 Å². The fourth-order valence-corrected chi connectivity index (χ4v) is 4.58. The molecule has 0 bridgehead atoms. The van der Waals surface area contributed by atoms with Gasteiger partial charge in [-0.05, 0) is 83.0 Å². The minimum Gasteiger partial charge on any atom is -0.465 e. The van der Waals surface area contributed by atoms with Gasteiger partial charge in [0.05, 0.1) is 25.3 Å². The van der Waals surface area contributed by atoms with E-state index in [2.05, 4.69) is 39.8 Å². The average molecular weight is 409 g/mol. The molecule has 4 rings (SSSR count). The summed E-state index contributed by atoms with van der Waals surface area (Å²) < 4.78 is 9.43. The predicted molar refractivity (Wildman–Crippen MR) is 118 cm³/mol. The maximum Gasteiger partial charge on any atom is 0.337 e. The van der Waals surface area contributed by atoms with Crippen molar-refractivity contribution < 1.29 is 19.1 Å². The average Bonchev–Trinajstić information content (AvgIpc) is 3.21. The number of fused-ring (bicyclic) bond motifs is 2. The van der Waals surface area contributed by atoms with E-state index in [1.165, 1.54) is 36.5 Å². The Morgan fingerprint density at radius 2 is 1.20 bits per heavy atom. The number of rotatable bonds is 2. The van der Waals surface area contributed by atoms with Gasteiger partial charge < -0.3 is 9.47 Å².